The number of ether oxygens (including phenoxy) is 1. The van der Waals surface area contributed by atoms with Crippen molar-refractivity contribution in [2.45, 2.75) is 32.3 Å². The lowest BCUT2D eigenvalue weighted by atomic mass is 9.96. The molecule has 2 rings (SSSR count). The zero-order chi connectivity index (χ0) is 12.4. The van der Waals surface area contributed by atoms with Crippen LogP contribution in [0.1, 0.15) is 25.0 Å². The highest BCUT2D eigenvalue weighted by Crippen LogP contribution is 2.32. The van der Waals surface area contributed by atoms with Crippen LogP contribution in [0.15, 0.2) is 0 Å². The molecule has 1 heterocycles. The molecule has 1 N–H and O–H groups in total. The molecule has 0 bridgehead atoms. The first-order valence-corrected chi connectivity index (χ1v) is 5.49. The van der Waals surface area contributed by atoms with Crippen LogP contribution < -0.4 is 10.1 Å². The first-order chi connectivity index (χ1) is 8.11. The Morgan fingerprint density at radius 1 is 1.47 bits per heavy atom. The van der Waals surface area contributed by atoms with Gasteiger partial charge in [-0.3, -0.25) is 10.1 Å². The van der Waals surface area contributed by atoms with Gasteiger partial charge in [-0.2, -0.15) is 4.98 Å². The van der Waals surface area contributed by atoms with Gasteiger partial charge in [-0.05, 0) is 26.2 Å². The fraction of sp³-hybridized carbons (Fsp3) is 0.600. The zero-order valence-corrected chi connectivity index (χ0v) is 9.77. The van der Waals surface area contributed by atoms with Crippen molar-refractivity contribution in [3.63, 3.8) is 0 Å². The van der Waals surface area contributed by atoms with Crippen molar-refractivity contribution >= 4 is 11.6 Å². The maximum absolute atomic E-state index is 11.0. The van der Waals surface area contributed by atoms with E-state index in [-0.39, 0.29) is 17.7 Å². The lowest BCUT2D eigenvalue weighted by Crippen LogP contribution is -2.25. The normalized spacial score (nSPS) is 15.2. The van der Waals surface area contributed by atoms with E-state index in [0.29, 0.717) is 11.6 Å². The summed E-state index contributed by atoms with van der Waals surface area (Å²) in [6.45, 7) is 1.58. The number of rotatable bonds is 4. The molecular weight excluding hydrogens is 224 g/mol. The summed E-state index contributed by atoms with van der Waals surface area (Å²) in [4.78, 5) is 18.4. The maximum Gasteiger partial charge on any atom is 0.352 e. The molecule has 1 aromatic rings. The Balaban J connectivity index is 2.36. The predicted molar refractivity (Wildman–Crippen MR) is 61.2 cm³/mol. The van der Waals surface area contributed by atoms with E-state index in [1.165, 1.54) is 0 Å². The van der Waals surface area contributed by atoms with Crippen molar-refractivity contribution in [3.05, 3.63) is 15.8 Å². The van der Waals surface area contributed by atoms with Crippen molar-refractivity contribution in [2.24, 2.45) is 0 Å². The molecule has 92 valence electrons. The number of aryl methyl sites for hydroxylation is 1. The quantitative estimate of drug-likeness (QED) is 0.633. The summed E-state index contributed by atoms with van der Waals surface area (Å²) in [5.74, 6) is 0.402. The summed E-state index contributed by atoms with van der Waals surface area (Å²) in [5, 5.41) is 13.7. The number of hydrogen-bond acceptors (Lipinski definition) is 6. The van der Waals surface area contributed by atoms with Crippen molar-refractivity contribution < 1.29 is 9.66 Å². The van der Waals surface area contributed by atoms with Gasteiger partial charge < -0.3 is 10.1 Å². The fourth-order valence-electron chi connectivity index (χ4n) is 1.59. The summed E-state index contributed by atoms with van der Waals surface area (Å²) in [5.41, 5.74) is 0.166. The highest BCUT2D eigenvalue weighted by Gasteiger charge is 2.28. The van der Waals surface area contributed by atoms with Gasteiger partial charge in [-0.25, -0.2) is 4.98 Å². The lowest BCUT2D eigenvalue weighted by Gasteiger charge is -2.25. The molecule has 1 aromatic heterocycles. The number of nitro groups is 1. The van der Waals surface area contributed by atoms with Gasteiger partial charge in [-0.1, -0.05) is 0 Å². The molecule has 1 saturated carbocycles. The Hall–Kier alpha value is -1.92. The molecule has 1 fully saturated rings. The van der Waals surface area contributed by atoms with Crippen LogP contribution in [0.3, 0.4) is 0 Å². The number of nitrogens with one attached hydrogen (secondary N) is 1. The average Bonchev–Trinajstić information content (AvgIpc) is 2.22. The van der Waals surface area contributed by atoms with Crippen molar-refractivity contribution in [3.8, 4) is 5.88 Å². The molecule has 0 aliphatic heterocycles. The number of aromatic nitrogens is 2. The monoisotopic (exact) mass is 238 g/mol. The van der Waals surface area contributed by atoms with Gasteiger partial charge in [-0.15, -0.1) is 0 Å². The summed E-state index contributed by atoms with van der Waals surface area (Å²) < 4.78 is 5.53. The third kappa shape index (κ3) is 2.27. The molecule has 0 aromatic carbocycles. The van der Waals surface area contributed by atoms with Crippen LogP contribution in [-0.2, 0) is 0 Å². The number of anilines is 1. The van der Waals surface area contributed by atoms with Crippen LogP contribution in [0.4, 0.5) is 11.6 Å². The second kappa shape index (κ2) is 4.52. The maximum atomic E-state index is 11.0. The van der Waals surface area contributed by atoms with E-state index >= 15 is 0 Å². The van der Waals surface area contributed by atoms with Gasteiger partial charge in [0.05, 0.1) is 4.92 Å². The Labute approximate surface area is 98.4 Å². The van der Waals surface area contributed by atoms with E-state index in [2.05, 4.69) is 15.3 Å². The van der Waals surface area contributed by atoms with Gasteiger partial charge in [0.2, 0.25) is 5.95 Å². The van der Waals surface area contributed by atoms with Gasteiger partial charge in [0, 0.05) is 7.05 Å². The Morgan fingerprint density at radius 3 is 2.65 bits per heavy atom. The van der Waals surface area contributed by atoms with E-state index in [9.17, 15) is 10.1 Å². The highest BCUT2D eigenvalue weighted by atomic mass is 16.6. The van der Waals surface area contributed by atoms with E-state index in [1.807, 2.05) is 0 Å². The zero-order valence-electron chi connectivity index (χ0n) is 9.77. The Kier molecular flexibility index (Phi) is 3.08. The van der Waals surface area contributed by atoms with Gasteiger partial charge in [0.15, 0.2) is 0 Å². The summed E-state index contributed by atoms with van der Waals surface area (Å²) >= 11 is 0. The molecule has 0 atom stereocenters. The second-order valence-corrected chi connectivity index (χ2v) is 3.96. The highest BCUT2D eigenvalue weighted by molar-refractivity contribution is 5.48. The van der Waals surface area contributed by atoms with E-state index in [1.54, 1.807) is 14.0 Å². The van der Waals surface area contributed by atoms with E-state index < -0.39 is 4.92 Å². The summed E-state index contributed by atoms with van der Waals surface area (Å²) in [7, 11) is 1.66. The van der Waals surface area contributed by atoms with Crippen molar-refractivity contribution in [1.29, 1.82) is 0 Å². The molecule has 0 unspecified atom stereocenters. The molecule has 1 aliphatic rings. The third-order valence-electron chi connectivity index (χ3n) is 2.76. The predicted octanol–water partition coefficient (Wildman–Crippen LogP) is 1.67. The van der Waals surface area contributed by atoms with E-state index in [4.69, 9.17) is 4.74 Å². The molecule has 7 nitrogen and oxygen atoms in total. The van der Waals surface area contributed by atoms with Crippen LogP contribution in [-0.4, -0.2) is 28.0 Å². The molecule has 7 heteroatoms. The van der Waals surface area contributed by atoms with Gasteiger partial charge in [0.1, 0.15) is 11.8 Å². The number of nitrogens with zero attached hydrogens (tertiary/aromatic N) is 3. The van der Waals surface area contributed by atoms with Gasteiger partial charge >= 0.3 is 5.69 Å². The first kappa shape index (κ1) is 11.6. The molecule has 0 saturated heterocycles. The third-order valence-corrected chi connectivity index (χ3v) is 2.76. The molecule has 1 aliphatic carbocycles. The van der Waals surface area contributed by atoms with Crippen LogP contribution in [0.5, 0.6) is 5.88 Å². The second-order valence-electron chi connectivity index (χ2n) is 3.96. The van der Waals surface area contributed by atoms with Crippen LogP contribution in [0, 0.1) is 17.0 Å². The SMILES string of the molecule is CNc1nc(C)c([N+](=O)[O-])c(OC2CCC2)n1. The van der Waals surface area contributed by atoms with Crippen molar-refractivity contribution in [2.75, 3.05) is 12.4 Å². The molecule has 0 radical (unpaired) electrons. The Morgan fingerprint density at radius 2 is 2.18 bits per heavy atom. The van der Waals surface area contributed by atoms with Gasteiger partial charge in [0.25, 0.3) is 5.88 Å². The molecular formula is C10H14N4O3. The minimum atomic E-state index is -0.497. The molecule has 17 heavy (non-hydrogen) atoms. The topological polar surface area (TPSA) is 90.2 Å². The van der Waals surface area contributed by atoms with Crippen LogP contribution in [0.25, 0.3) is 0 Å². The van der Waals surface area contributed by atoms with E-state index in [0.717, 1.165) is 19.3 Å². The summed E-state index contributed by atoms with van der Waals surface area (Å²) in [6.07, 6.45) is 3.00. The average molecular weight is 238 g/mol. The fourth-order valence-corrected chi connectivity index (χ4v) is 1.59. The largest absolute Gasteiger partial charge is 0.469 e. The lowest BCUT2D eigenvalue weighted by molar-refractivity contribution is -0.387. The van der Waals surface area contributed by atoms with Crippen LogP contribution in [0.2, 0.25) is 0 Å². The van der Waals surface area contributed by atoms with Crippen molar-refractivity contribution in [1.82, 2.24) is 9.97 Å². The standard InChI is InChI=1S/C10H14N4O3/c1-6-8(14(15)16)9(13-10(11-2)12-6)17-7-4-3-5-7/h7H,3-5H2,1-2H3,(H,11,12,13). The Bertz CT molecular complexity index is 445. The minimum absolute atomic E-state index is 0.0488. The molecule has 0 amide bonds. The summed E-state index contributed by atoms with van der Waals surface area (Å²) in [6, 6.07) is 0. The smallest absolute Gasteiger partial charge is 0.352 e. The molecule has 0 spiro atoms. The van der Waals surface area contributed by atoms with Crippen LogP contribution >= 0.6 is 0 Å². The first-order valence-electron chi connectivity index (χ1n) is 5.49. The minimum Gasteiger partial charge on any atom is -0.469 e. The number of hydrogen-bond donors (Lipinski definition) is 1.